The van der Waals surface area contributed by atoms with Gasteiger partial charge in [-0.25, -0.2) is 0 Å². The maximum atomic E-state index is 10.4. The molecule has 2 fully saturated rings. The van der Waals surface area contributed by atoms with Crippen LogP contribution >= 0.6 is 0 Å². The highest BCUT2D eigenvalue weighted by Crippen LogP contribution is 2.61. The molecule has 3 aliphatic rings. The first-order valence-electron chi connectivity index (χ1n) is 8.23. The van der Waals surface area contributed by atoms with Crippen LogP contribution in [-0.2, 0) is 6.42 Å². The fraction of sp³-hybridized carbons (Fsp3) is 0.667. The molecule has 2 saturated carbocycles. The zero-order chi connectivity index (χ0) is 14.8. The maximum absolute atomic E-state index is 10.4. The number of aliphatic hydroxyl groups excluding tert-OH is 1. The predicted molar refractivity (Wildman–Crippen MR) is 80.4 cm³/mol. The van der Waals surface area contributed by atoms with Gasteiger partial charge in [0, 0.05) is 0 Å². The molecule has 0 radical (unpaired) electrons. The number of aromatic hydroxyl groups is 2. The Balaban J connectivity index is 1.73. The van der Waals surface area contributed by atoms with Gasteiger partial charge in [-0.05, 0) is 85.0 Å². The van der Waals surface area contributed by atoms with Crippen LogP contribution in [-0.4, -0.2) is 21.4 Å². The van der Waals surface area contributed by atoms with Crippen LogP contribution in [0.3, 0.4) is 0 Å². The van der Waals surface area contributed by atoms with Crippen molar-refractivity contribution in [1.82, 2.24) is 0 Å². The summed E-state index contributed by atoms with van der Waals surface area (Å²) in [6.45, 7) is 2.27. The lowest BCUT2D eigenvalue weighted by molar-refractivity contribution is -0.0226. The van der Waals surface area contributed by atoms with Crippen molar-refractivity contribution in [3.8, 4) is 11.5 Å². The first-order valence-corrected chi connectivity index (χ1v) is 8.23. The minimum atomic E-state index is -0.141. The molecule has 5 atom stereocenters. The van der Waals surface area contributed by atoms with Gasteiger partial charge in [0.05, 0.1) is 6.10 Å². The smallest absolute Gasteiger partial charge is 0.157 e. The van der Waals surface area contributed by atoms with Crippen molar-refractivity contribution in [2.75, 3.05) is 0 Å². The van der Waals surface area contributed by atoms with Crippen LogP contribution in [0.1, 0.15) is 56.1 Å². The highest BCUT2D eigenvalue weighted by molar-refractivity contribution is 5.48. The Morgan fingerprint density at radius 3 is 2.62 bits per heavy atom. The van der Waals surface area contributed by atoms with Gasteiger partial charge < -0.3 is 15.3 Å². The number of benzene rings is 1. The van der Waals surface area contributed by atoms with Crippen molar-refractivity contribution in [2.24, 2.45) is 17.3 Å². The molecule has 0 spiro atoms. The maximum Gasteiger partial charge on any atom is 0.157 e. The first kappa shape index (κ1) is 13.4. The summed E-state index contributed by atoms with van der Waals surface area (Å²) in [7, 11) is 0. The molecule has 4 rings (SSSR count). The zero-order valence-electron chi connectivity index (χ0n) is 12.5. The minimum absolute atomic E-state index is 0.00383. The zero-order valence-corrected chi connectivity index (χ0v) is 12.5. The fourth-order valence-corrected chi connectivity index (χ4v) is 5.57. The van der Waals surface area contributed by atoms with E-state index < -0.39 is 0 Å². The summed E-state index contributed by atoms with van der Waals surface area (Å²) in [6, 6.07) is 3.54. The summed E-state index contributed by atoms with van der Waals surface area (Å²) in [5.74, 6) is 1.73. The Kier molecular flexibility index (Phi) is 2.81. The van der Waals surface area contributed by atoms with Gasteiger partial charge in [-0.1, -0.05) is 6.92 Å². The number of hydrogen-bond donors (Lipinski definition) is 3. The van der Waals surface area contributed by atoms with Crippen LogP contribution in [0.5, 0.6) is 11.5 Å². The average Bonchev–Trinajstić information content (AvgIpc) is 2.76. The molecule has 1 aromatic rings. The monoisotopic (exact) mass is 288 g/mol. The fourth-order valence-electron chi connectivity index (χ4n) is 5.57. The molecule has 21 heavy (non-hydrogen) atoms. The second-order valence-corrected chi connectivity index (χ2v) is 7.59. The van der Waals surface area contributed by atoms with E-state index in [1.54, 1.807) is 12.1 Å². The molecule has 0 aliphatic heterocycles. The topological polar surface area (TPSA) is 60.7 Å². The van der Waals surface area contributed by atoms with E-state index in [1.807, 2.05) is 0 Å². The van der Waals surface area contributed by atoms with Gasteiger partial charge in [-0.2, -0.15) is 0 Å². The molecule has 3 heteroatoms. The van der Waals surface area contributed by atoms with Crippen molar-refractivity contribution in [3.05, 3.63) is 23.3 Å². The second kappa shape index (κ2) is 4.39. The number of aryl methyl sites for hydroxylation is 1. The molecular weight excluding hydrogens is 264 g/mol. The van der Waals surface area contributed by atoms with Gasteiger partial charge in [-0.15, -0.1) is 0 Å². The standard InChI is InChI=1S/C18H24O3/c1-18-7-6-11-12(14(18)4-5-17(18)21)3-2-10-8-15(19)16(20)9-13(10)11/h8-9,11-12,14,17,19-21H,2-7H2,1H3/t11-,12-,14-,17-,18-/m0/s1. The second-order valence-electron chi connectivity index (χ2n) is 7.59. The van der Waals surface area contributed by atoms with Gasteiger partial charge in [0.15, 0.2) is 11.5 Å². The lowest BCUT2D eigenvalue weighted by atomic mass is 9.55. The van der Waals surface area contributed by atoms with E-state index in [0.29, 0.717) is 17.8 Å². The van der Waals surface area contributed by atoms with E-state index in [0.717, 1.165) is 38.5 Å². The van der Waals surface area contributed by atoms with Crippen LogP contribution in [0.15, 0.2) is 12.1 Å². The van der Waals surface area contributed by atoms with E-state index in [1.165, 1.54) is 11.1 Å². The average molecular weight is 288 g/mol. The van der Waals surface area contributed by atoms with Crippen LogP contribution < -0.4 is 0 Å². The van der Waals surface area contributed by atoms with Crippen LogP contribution in [0.25, 0.3) is 0 Å². The number of phenolic OH excluding ortho intramolecular Hbond substituents is 2. The Hall–Kier alpha value is -1.22. The summed E-state index contributed by atoms with van der Waals surface area (Å²) >= 11 is 0. The van der Waals surface area contributed by atoms with Crippen LogP contribution in [0, 0.1) is 17.3 Å². The van der Waals surface area contributed by atoms with Gasteiger partial charge in [-0.3, -0.25) is 0 Å². The molecule has 0 aromatic heterocycles. The van der Waals surface area contributed by atoms with Gasteiger partial charge >= 0.3 is 0 Å². The summed E-state index contributed by atoms with van der Waals surface area (Å²) in [6.07, 6.45) is 6.23. The predicted octanol–water partition coefficient (Wildman–Crippen LogP) is 3.31. The van der Waals surface area contributed by atoms with E-state index in [2.05, 4.69) is 6.92 Å². The van der Waals surface area contributed by atoms with Crippen molar-refractivity contribution in [3.63, 3.8) is 0 Å². The number of fused-ring (bicyclic) bond motifs is 5. The molecule has 0 heterocycles. The minimum Gasteiger partial charge on any atom is -0.504 e. The lowest BCUT2D eigenvalue weighted by Crippen LogP contribution is -2.43. The molecule has 3 aliphatic carbocycles. The Morgan fingerprint density at radius 2 is 1.81 bits per heavy atom. The SMILES string of the molecule is C[C@]12CC[C@@H]3c4cc(O)c(O)cc4CC[C@@H]3[C@@H]1CC[C@@H]2O. The van der Waals surface area contributed by atoms with E-state index in [4.69, 9.17) is 0 Å². The molecule has 0 saturated heterocycles. The van der Waals surface area contributed by atoms with Gasteiger partial charge in [0.2, 0.25) is 0 Å². The quantitative estimate of drug-likeness (QED) is 0.642. The summed E-state index contributed by atoms with van der Waals surface area (Å²) in [5, 5.41) is 29.9. The van der Waals surface area contributed by atoms with Crippen molar-refractivity contribution in [2.45, 2.75) is 57.5 Å². The van der Waals surface area contributed by atoms with E-state index >= 15 is 0 Å². The van der Waals surface area contributed by atoms with Crippen LogP contribution in [0.2, 0.25) is 0 Å². The molecule has 114 valence electrons. The Labute approximate surface area is 125 Å². The highest BCUT2D eigenvalue weighted by Gasteiger charge is 2.54. The number of rotatable bonds is 0. The third kappa shape index (κ3) is 1.76. The van der Waals surface area contributed by atoms with E-state index in [9.17, 15) is 15.3 Å². The third-order valence-electron chi connectivity index (χ3n) is 6.77. The van der Waals surface area contributed by atoms with Crippen molar-refractivity contribution >= 4 is 0 Å². The highest BCUT2D eigenvalue weighted by atomic mass is 16.3. The Bertz CT molecular complexity index is 582. The van der Waals surface area contributed by atoms with Gasteiger partial charge in [0.1, 0.15) is 0 Å². The Morgan fingerprint density at radius 1 is 1.05 bits per heavy atom. The third-order valence-corrected chi connectivity index (χ3v) is 6.77. The van der Waals surface area contributed by atoms with Crippen LogP contribution in [0.4, 0.5) is 0 Å². The number of aliphatic hydroxyl groups is 1. The summed E-state index contributed by atoms with van der Waals surface area (Å²) in [5.41, 5.74) is 2.54. The number of phenols is 2. The van der Waals surface area contributed by atoms with E-state index in [-0.39, 0.29) is 23.0 Å². The molecule has 0 bridgehead atoms. The number of hydrogen-bond acceptors (Lipinski definition) is 3. The summed E-state index contributed by atoms with van der Waals surface area (Å²) < 4.78 is 0. The normalized spacial score (nSPS) is 41.2. The largest absolute Gasteiger partial charge is 0.504 e. The first-order chi connectivity index (χ1) is 10.0. The molecule has 1 aromatic carbocycles. The molecule has 3 nitrogen and oxygen atoms in total. The molecular formula is C18H24O3. The molecule has 0 unspecified atom stereocenters. The lowest BCUT2D eigenvalue weighted by Gasteiger charge is -2.50. The van der Waals surface area contributed by atoms with Crippen molar-refractivity contribution < 1.29 is 15.3 Å². The summed E-state index contributed by atoms with van der Waals surface area (Å²) in [4.78, 5) is 0. The van der Waals surface area contributed by atoms with Crippen molar-refractivity contribution in [1.29, 1.82) is 0 Å². The molecule has 0 amide bonds. The van der Waals surface area contributed by atoms with Gasteiger partial charge in [0.25, 0.3) is 0 Å². The molecule has 3 N–H and O–H groups in total.